The molecule has 0 fully saturated rings. The Morgan fingerprint density at radius 3 is 2.43 bits per heavy atom. The minimum Gasteiger partial charge on any atom is -0.299 e. The standard InChI is InChI=1S/C4H6BrIO/c5-3-4(7)1-2-6/h1-3H2. The lowest BCUT2D eigenvalue weighted by molar-refractivity contribution is -0.116. The van der Waals surface area contributed by atoms with Gasteiger partial charge in [-0.15, -0.1) is 0 Å². The molecule has 0 aromatic carbocycles. The Bertz CT molecular complexity index is 64.7. The van der Waals surface area contributed by atoms with Gasteiger partial charge < -0.3 is 0 Å². The molecule has 0 amide bonds. The molecule has 0 aliphatic rings. The van der Waals surface area contributed by atoms with Gasteiger partial charge in [0.1, 0.15) is 5.78 Å². The van der Waals surface area contributed by atoms with Crippen LogP contribution < -0.4 is 0 Å². The third kappa shape index (κ3) is 4.74. The van der Waals surface area contributed by atoms with Crippen molar-refractivity contribution in [1.29, 1.82) is 0 Å². The zero-order valence-electron chi connectivity index (χ0n) is 3.79. The minimum atomic E-state index is 0.286. The van der Waals surface area contributed by atoms with E-state index < -0.39 is 0 Å². The summed E-state index contributed by atoms with van der Waals surface area (Å²) in [5.74, 6) is 0.286. The van der Waals surface area contributed by atoms with E-state index in [9.17, 15) is 4.79 Å². The number of halogens is 2. The lowest BCUT2D eigenvalue weighted by Crippen LogP contribution is -1.97. The first kappa shape index (κ1) is 7.88. The quantitative estimate of drug-likeness (QED) is 0.567. The Hall–Kier alpha value is 0.880. The molecule has 0 spiro atoms. The van der Waals surface area contributed by atoms with E-state index >= 15 is 0 Å². The van der Waals surface area contributed by atoms with Crippen LogP contribution in [0.1, 0.15) is 6.42 Å². The molecule has 0 saturated heterocycles. The van der Waals surface area contributed by atoms with Gasteiger partial charge in [0.05, 0.1) is 5.33 Å². The fraction of sp³-hybridized carbons (Fsp3) is 0.750. The maximum Gasteiger partial charge on any atom is 0.144 e. The number of ketones is 1. The largest absolute Gasteiger partial charge is 0.299 e. The molecule has 0 bridgehead atoms. The lowest BCUT2D eigenvalue weighted by atomic mass is 10.4. The second kappa shape index (κ2) is 5.03. The van der Waals surface area contributed by atoms with Gasteiger partial charge in [-0.3, -0.25) is 4.79 Å². The summed E-state index contributed by atoms with van der Waals surface area (Å²) < 4.78 is 0.933. The molecule has 0 aliphatic carbocycles. The molecule has 0 aromatic rings. The third-order valence-corrected chi connectivity index (χ3v) is 1.69. The number of rotatable bonds is 3. The van der Waals surface area contributed by atoms with Gasteiger partial charge in [-0.05, 0) is 0 Å². The molecule has 0 aliphatic heterocycles. The molecule has 0 N–H and O–H groups in total. The normalized spacial score (nSPS) is 8.86. The van der Waals surface area contributed by atoms with Crippen LogP contribution in [0.25, 0.3) is 0 Å². The highest BCUT2D eigenvalue weighted by molar-refractivity contribution is 14.1. The van der Waals surface area contributed by atoms with Crippen molar-refractivity contribution in [3.63, 3.8) is 0 Å². The van der Waals surface area contributed by atoms with Crippen molar-refractivity contribution in [2.75, 3.05) is 9.76 Å². The van der Waals surface area contributed by atoms with Crippen molar-refractivity contribution in [2.45, 2.75) is 6.42 Å². The molecule has 3 heteroatoms. The molecule has 0 atom stereocenters. The summed E-state index contributed by atoms with van der Waals surface area (Å²) in [6.45, 7) is 0. The number of carbonyl (C=O) groups is 1. The molecule has 0 radical (unpaired) electrons. The van der Waals surface area contributed by atoms with E-state index in [1.165, 1.54) is 0 Å². The SMILES string of the molecule is O=C(CBr)CCI. The highest BCUT2D eigenvalue weighted by Crippen LogP contribution is 1.92. The van der Waals surface area contributed by atoms with E-state index in [0.717, 1.165) is 4.43 Å². The summed E-state index contributed by atoms with van der Waals surface area (Å²) in [7, 11) is 0. The molecular formula is C4H6BrIO. The van der Waals surface area contributed by atoms with Crippen LogP contribution in [0.2, 0.25) is 0 Å². The van der Waals surface area contributed by atoms with Crippen LogP contribution >= 0.6 is 38.5 Å². The molecule has 42 valence electrons. The predicted molar refractivity (Wildman–Crippen MR) is 42.3 cm³/mol. The summed E-state index contributed by atoms with van der Waals surface area (Å²) in [6.07, 6.45) is 0.700. The summed E-state index contributed by atoms with van der Waals surface area (Å²) in [6, 6.07) is 0. The molecule has 1 nitrogen and oxygen atoms in total. The maximum absolute atomic E-state index is 10.4. The number of carbonyl (C=O) groups excluding carboxylic acids is 1. The van der Waals surface area contributed by atoms with Crippen molar-refractivity contribution in [3.05, 3.63) is 0 Å². The topological polar surface area (TPSA) is 17.1 Å². The van der Waals surface area contributed by atoms with E-state index in [1.807, 2.05) is 0 Å². The number of Topliss-reactive ketones (excluding diaryl/α,β-unsaturated/α-hetero) is 1. The third-order valence-electron chi connectivity index (χ3n) is 0.522. The first-order chi connectivity index (χ1) is 3.31. The Morgan fingerprint density at radius 2 is 2.29 bits per heavy atom. The van der Waals surface area contributed by atoms with E-state index in [0.29, 0.717) is 11.8 Å². The second-order valence-electron chi connectivity index (χ2n) is 1.11. The summed E-state index contributed by atoms with van der Waals surface area (Å²) in [5, 5.41) is 0.510. The van der Waals surface area contributed by atoms with Crippen LogP contribution in [0.15, 0.2) is 0 Å². The summed E-state index contributed by atoms with van der Waals surface area (Å²) >= 11 is 5.25. The van der Waals surface area contributed by atoms with Crippen molar-refractivity contribution in [2.24, 2.45) is 0 Å². The van der Waals surface area contributed by atoms with Crippen molar-refractivity contribution < 1.29 is 4.79 Å². The zero-order chi connectivity index (χ0) is 5.70. The van der Waals surface area contributed by atoms with Gasteiger partial charge in [0.15, 0.2) is 0 Å². The van der Waals surface area contributed by atoms with Gasteiger partial charge in [-0.2, -0.15) is 0 Å². The monoisotopic (exact) mass is 276 g/mol. The van der Waals surface area contributed by atoms with Crippen molar-refractivity contribution >= 4 is 44.3 Å². The first-order valence-electron chi connectivity index (χ1n) is 1.95. The fourth-order valence-electron chi connectivity index (χ4n) is 0.172. The molecule has 0 rings (SSSR count). The maximum atomic E-state index is 10.4. The van der Waals surface area contributed by atoms with E-state index in [2.05, 4.69) is 38.5 Å². The van der Waals surface area contributed by atoms with Gasteiger partial charge in [0.2, 0.25) is 0 Å². The second-order valence-corrected chi connectivity index (χ2v) is 2.75. The minimum absolute atomic E-state index is 0.286. The van der Waals surface area contributed by atoms with Crippen LogP contribution in [-0.4, -0.2) is 15.5 Å². The molecule has 0 heterocycles. The molecule has 0 unspecified atom stereocenters. The Labute approximate surface area is 65.1 Å². The highest BCUT2D eigenvalue weighted by Gasteiger charge is 1.93. The van der Waals surface area contributed by atoms with Gasteiger partial charge in [0.25, 0.3) is 0 Å². The van der Waals surface area contributed by atoms with E-state index in [-0.39, 0.29) is 5.78 Å². The van der Waals surface area contributed by atoms with Crippen LogP contribution in [0, 0.1) is 0 Å². The Morgan fingerprint density at radius 1 is 1.71 bits per heavy atom. The average Bonchev–Trinajstić information content (AvgIpc) is 1.68. The van der Waals surface area contributed by atoms with Crippen LogP contribution in [0.5, 0.6) is 0 Å². The molecule has 0 aromatic heterocycles. The summed E-state index contributed by atoms with van der Waals surface area (Å²) in [5.41, 5.74) is 0. The predicted octanol–water partition coefficient (Wildman–Crippen LogP) is 1.78. The molecular weight excluding hydrogens is 271 g/mol. The molecule has 7 heavy (non-hydrogen) atoms. The van der Waals surface area contributed by atoms with Crippen molar-refractivity contribution in [1.82, 2.24) is 0 Å². The smallest absolute Gasteiger partial charge is 0.144 e. The molecule has 0 saturated carbocycles. The van der Waals surface area contributed by atoms with Crippen LogP contribution in [0.4, 0.5) is 0 Å². The van der Waals surface area contributed by atoms with E-state index in [1.54, 1.807) is 0 Å². The first-order valence-corrected chi connectivity index (χ1v) is 4.59. The average molecular weight is 277 g/mol. The van der Waals surface area contributed by atoms with Gasteiger partial charge >= 0.3 is 0 Å². The van der Waals surface area contributed by atoms with E-state index in [4.69, 9.17) is 0 Å². The number of hydrogen-bond donors (Lipinski definition) is 0. The summed E-state index contributed by atoms with van der Waals surface area (Å²) in [4.78, 5) is 10.4. The highest BCUT2D eigenvalue weighted by atomic mass is 127. The van der Waals surface area contributed by atoms with Crippen molar-refractivity contribution in [3.8, 4) is 0 Å². The zero-order valence-corrected chi connectivity index (χ0v) is 7.53. The number of hydrogen-bond acceptors (Lipinski definition) is 1. The fourth-order valence-corrected chi connectivity index (χ4v) is 1.05. The lowest BCUT2D eigenvalue weighted by Gasteiger charge is -1.85. The van der Waals surface area contributed by atoms with Crippen LogP contribution in [0.3, 0.4) is 0 Å². The Balaban J connectivity index is 3.00. The Kier molecular flexibility index (Phi) is 5.66. The number of alkyl halides is 2. The van der Waals surface area contributed by atoms with Gasteiger partial charge in [-0.25, -0.2) is 0 Å². The van der Waals surface area contributed by atoms with Gasteiger partial charge in [-0.1, -0.05) is 38.5 Å². The van der Waals surface area contributed by atoms with Gasteiger partial charge in [0, 0.05) is 10.8 Å². The van der Waals surface area contributed by atoms with Crippen LogP contribution in [-0.2, 0) is 4.79 Å².